The molecule has 0 aliphatic heterocycles. The lowest BCUT2D eigenvalue weighted by molar-refractivity contribution is -0.428. The van der Waals surface area contributed by atoms with Crippen LogP contribution in [0.4, 0.5) is 0 Å². The van der Waals surface area contributed by atoms with Crippen molar-refractivity contribution >= 4 is 6.29 Å². The lowest BCUT2D eigenvalue weighted by atomic mass is 10.1. The SMILES string of the molecule is CCCCC/C(=C/C/C=C/C/C=C/C/C=C/CCCC=O)[N+](=O)[O-]. The molecule has 0 aromatic rings. The van der Waals surface area contributed by atoms with Crippen LogP contribution in [0, 0.1) is 10.1 Å². The first kappa shape index (κ1) is 22.0. The van der Waals surface area contributed by atoms with Gasteiger partial charge in [-0.25, -0.2) is 0 Å². The number of carbonyl (C=O) groups excluding carboxylic acids is 1. The van der Waals surface area contributed by atoms with Crippen molar-refractivity contribution in [3.63, 3.8) is 0 Å². The van der Waals surface area contributed by atoms with Crippen LogP contribution < -0.4 is 0 Å². The van der Waals surface area contributed by atoms with Crippen LogP contribution in [0.15, 0.2) is 48.2 Å². The fourth-order valence-electron chi connectivity index (χ4n) is 2.10. The van der Waals surface area contributed by atoms with Gasteiger partial charge in [-0.2, -0.15) is 0 Å². The van der Waals surface area contributed by atoms with E-state index in [2.05, 4.69) is 31.2 Å². The summed E-state index contributed by atoms with van der Waals surface area (Å²) in [5.41, 5.74) is 0.336. The van der Waals surface area contributed by atoms with Gasteiger partial charge in [-0.1, -0.05) is 56.2 Å². The van der Waals surface area contributed by atoms with Crippen molar-refractivity contribution in [2.24, 2.45) is 0 Å². The van der Waals surface area contributed by atoms with Gasteiger partial charge in [0, 0.05) is 12.8 Å². The molecule has 0 N–H and O–H groups in total. The molecule has 0 unspecified atom stereocenters. The summed E-state index contributed by atoms with van der Waals surface area (Å²) in [4.78, 5) is 20.8. The van der Waals surface area contributed by atoms with Crippen LogP contribution in [0.3, 0.4) is 0 Å². The number of rotatable bonds is 15. The van der Waals surface area contributed by atoms with Crippen LogP contribution in [-0.2, 0) is 4.79 Å². The molecule has 4 heteroatoms. The summed E-state index contributed by atoms with van der Waals surface area (Å²) in [7, 11) is 0. The topological polar surface area (TPSA) is 60.2 Å². The Morgan fingerprint density at radius 3 is 2.08 bits per heavy atom. The van der Waals surface area contributed by atoms with Crippen molar-refractivity contribution in [3.05, 3.63) is 58.3 Å². The van der Waals surface area contributed by atoms with E-state index in [-0.39, 0.29) is 4.92 Å². The molecule has 4 nitrogen and oxygen atoms in total. The van der Waals surface area contributed by atoms with E-state index in [1.54, 1.807) is 6.08 Å². The van der Waals surface area contributed by atoms with Gasteiger partial charge in [-0.3, -0.25) is 10.1 Å². The Balaban J connectivity index is 3.85. The van der Waals surface area contributed by atoms with E-state index in [0.29, 0.717) is 25.0 Å². The highest BCUT2D eigenvalue weighted by Gasteiger charge is 2.08. The van der Waals surface area contributed by atoms with Crippen LogP contribution in [-0.4, -0.2) is 11.2 Å². The molecule has 0 atom stereocenters. The molecule has 0 amide bonds. The summed E-state index contributed by atoms with van der Waals surface area (Å²) >= 11 is 0. The predicted molar refractivity (Wildman–Crippen MR) is 100 cm³/mol. The van der Waals surface area contributed by atoms with Crippen LogP contribution in [0.1, 0.15) is 71.1 Å². The molecule has 0 fully saturated rings. The maximum atomic E-state index is 10.9. The first-order valence-electron chi connectivity index (χ1n) is 8.94. The lowest BCUT2D eigenvalue weighted by Gasteiger charge is -1.97. The average Bonchev–Trinajstić information content (AvgIpc) is 2.57. The summed E-state index contributed by atoms with van der Waals surface area (Å²) in [6.45, 7) is 2.09. The van der Waals surface area contributed by atoms with E-state index in [1.807, 2.05) is 12.2 Å². The van der Waals surface area contributed by atoms with E-state index in [0.717, 1.165) is 51.2 Å². The molecule has 0 rings (SSSR count). The van der Waals surface area contributed by atoms with E-state index < -0.39 is 0 Å². The first-order chi connectivity index (χ1) is 11.7. The van der Waals surface area contributed by atoms with E-state index in [4.69, 9.17) is 0 Å². The largest absolute Gasteiger partial charge is 0.303 e. The Morgan fingerprint density at radius 1 is 0.875 bits per heavy atom. The number of aldehydes is 1. The summed E-state index contributed by atoms with van der Waals surface area (Å²) in [5.74, 6) is 0. The molecule has 134 valence electrons. The molecule has 0 saturated carbocycles. The van der Waals surface area contributed by atoms with Gasteiger partial charge >= 0.3 is 0 Å². The van der Waals surface area contributed by atoms with Crippen LogP contribution >= 0.6 is 0 Å². The van der Waals surface area contributed by atoms with Crippen LogP contribution in [0.2, 0.25) is 0 Å². The van der Waals surface area contributed by atoms with Gasteiger partial charge in [-0.05, 0) is 44.6 Å². The Labute approximate surface area is 146 Å². The minimum atomic E-state index is -0.259. The van der Waals surface area contributed by atoms with Gasteiger partial charge in [0.05, 0.1) is 4.92 Å². The van der Waals surface area contributed by atoms with Gasteiger partial charge in [0.2, 0.25) is 5.70 Å². The molecule has 0 aliphatic carbocycles. The molecule has 0 aliphatic rings. The molecule has 24 heavy (non-hydrogen) atoms. The second kappa shape index (κ2) is 17.4. The molecule has 0 aromatic carbocycles. The zero-order valence-electron chi connectivity index (χ0n) is 14.9. The Hall–Kier alpha value is -1.97. The van der Waals surface area contributed by atoms with Crippen molar-refractivity contribution < 1.29 is 9.72 Å². The number of nitro groups is 1. The van der Waals surface area contributed by atoms with Crippen molar-refractivity contribution in [2.45, 2.75) is 71.1 Å². The minimum absolute atomic E-state index is 0.259. The normalized spacial score (nSPS) is 12.6. The summed E-state index contributed by atoms with van der Waals surface area (Å²) < 4.78 is 0. The quantitative estimate of drug-likeness (QED) is 0.123. The molecule has 0 heterocycles. The van der Waals surface area contributed by atoms with Crippen molar-refractivity contribution in [1.29, 1.82) is 0 Å². The Morgan fingerprint density at radius 2 is 1.50 bits per heavy atom. The maximum absolute atomic E-state index is 10.9. The molecular weight excluding hydrogens is 302 g/mol. The third kappa shape index (κ3) is 14.9. The summed E-state index contributed by atoms with van der Waals surface area (Å²) in [5, 5.41) is 10.9. The number of carbonyl (C=O) groups is 1. The number of hydrogen-bond acceptors (Lipinski definition) is 3. The van der Waals surface area contributed by atoms with Crippen molar-refractivity contribution in [1.82, 2.24) is 0 Å². The van der Waals surface area contributed by atoms with Gasteiger partial charge in [0.15, 0.2) is 0 Å². The zero-order chi connectivity index (χ0) is 17.9. The third-order valence-electron chi connectivity index (χ3n) is 3.50. The number of hydrogen-bond donors (Lipinski definition) is 0. The number of allylic oxidation sites excluding steroid dienone is 8. The third-order valence-corrected chi connectivity index (χ3v) is 3.50. The van der Waals surface area contributed by atoms with Gasteiger partial charge in [-0.15, -0.1) is 0 Å². The van der Waals surface area contributed by atoms with Crippen LogP contribution in [0.25, 0.3) is 0 Å². The second-order valence-electron chi connectivity index (χ2n) is 5.63. The standard InChI is InChI=1S/C20H31NO3/c1-2-3-14-17-20(21(23)24)18-15-12-10-8-6-4-5-7-9-11-13-16-19-22/h4,6-7,9-10,12,18-19H,2-3,5,8,11,13-17H2,1H3/b6-4+,9-7+,12-10+,20-18-. The van der Waals surface area contributed by atoms with Crippen molar-refractivity contribution in [2.75, 3.05) is 0 Å². The van der Waals surface area contributed by atoms with Crippen LogP contribution in [0.5, 0.6) is 0 Å². The molecule has 0 saturated heterocycles. The Kier molecular flexibility index (Phi) is 16.0. The highest BCUT2D eigenvalue weighted by Crippen LogP contribution is 2.10. The minimum Gasteiger partial charge on any atom is -0.303 e. The van der Waals surface area contributed by atoms with Gasteiger partial charge in [0.1, 0.15) is 6.29 Å². The summed E-state index contributed by atoms with van der Waals surface area (Å²) in [6, 6.07) is 0. The molecule has 0 aromatic heterocycles. The molecule has 0 radical (unpaired) electrons. The lowest BCUT2D eigenvalue weighted by Crippen LogP contribution is -1.98. The fraction of sp³-hybridized carbons (Fsp3) is 0.550. The molecule has 0 spiro atoms. The average molecular weight is 333 g/mol. The summed E-state index contributed by atoms with van der Waals surface area (Å²) in [6.07, 6.45) is 23.5. The maximum Gasteiger partial charge on any atom is 0.242 e. The fourth-order valence-corrected chi connectivity index (χ4v) is 2.10. The van der Waals surface area contributed by atoms with E-state index in [1.165, 1.54) is 0 Å². The number of unbranched alkanes of at least 4 members (excludes halogenated alkanes) is 4. The number of nitrogens with zero attached hydrogens (tertiary/aromatic N) is 1. The van der Waals surface area contributed by atoms with E-state index in [9.17, 15) is 14.9 Å². The highest BCUT2D eigenvalue weighted by molar-refractivity contribution is 5.49. The Bertz CT molecular complexity index is 448. The predicted octanol–water partition coefficient (Wildman–Crippen LogP) is 5.94. The highest BCUT2D eigenvalue weighted by atomic mass is 16.6. The van der Waals surface area contributed by atoms with Crippen molar-refractivity contribution in [3.8, 4) is 0 Å². The van der Waals surface area contributed by atoms with Gasteiger partial charge in [0.25, 0.3) is 0 Å². The first-order valence-corrected chi connectivity index (χ1v) is 8.94. The van der Waals surface area contributed by atoms with Gasteiger partial charge < -0.3 is 4.79 Å². The molecule has 0 bridgehead atoms. The smallest absolute Gasteiger partial charge is 0.242 e. The molecular formula is C20H31NO3. The second-order valence-corrected chi connectivity index (χ2v) is 5.63. The monoisotopic (exact) mass is 333 g/mol. The zero-order valence-corrected chi connectivity index (χ0v) is 14.9. The van der Waals surface area contributed by atoms with E-state index >= 15 is 0 Å².